The fraction of sp³-hybridized carbons (Fsp3) is 0.533. The Morgan fingerprint density at radius 1 is 1.48 bits per heavy atom. The molecule has 0 radical (unpaired) electrons. The van der Waals surface area contributed by atoms with Gasteiger partial charge in [0.05, 0.1) is 23.9 Å². The Kier molecular flexibility index (Phi) is 4.05. The Labute approximate surface area is 127 Å². The molecule has 5 nitrogen and oxygen atoms in total. The fourth-order valence-corrected chi connectivity index (χ4v) is 3.73. The molecule has 0 saturated heterocycles. The highest BCUT2D eigenvalue weighted by atomic mass is 32.1. The lowest BCUT2D eigenvalue weighted by atomic mass is 10.0. The molecule has 0 unspecified atom stereocenters. The maximum atomic E-state index is 12.0. The van der Waals surface area contributed by atoms with Crippen LogP contribution in [0.15, 0.2) is 10.6 Å². The van der Waals surface area contributed by atoms with Crippen molar-refractivity contribution in [2.45, 2.75) is 52.0 Å². The van der Waals surface area contributed by atoms with Gasteiger partial charge in [0, 0.05) is 10.9 Å². The van der Waals surface area contributed by atoms with Crippen LogP contribution < -0.4 is 5.32 Å². The number of thiazole rings is 1. The molecule has 0 bridgehead atoms. The van der Waals surface area contributed by atoms with E-state index in [-0.39, 0.29) is 18.4 Å². The van der Waals surface area contributed by atoms with Crippen molar-refractivity contribution in [2.24, 2.45) is 0 Å². The van der Waals surface area contributed by atoms with Crippen molar-refractivity contribution < 1.29 is 9.32 Å². The highest BCUT2D eigenvalue weighted by Gasteiger charge is 2.19. The molecule has 0 saturated carbocycles. The van der Waals surface area contributed by atoms with E-state index in [0.717, 1.165) is 23.6 Å². The molecule has 2 heterocycles. The predicted octanol–water partition coefficient (Wildman–Crippen LogP) is 2.74. The number of amides is 1. The molecule has 2 aromatic heterocycles. The lowest BCUT2D eigenvalue weighted by Gasteiger charge is -2.10. The van der Waals surface area contributed by atoms with Crippen LogP contribution in [0, 0.1) is 6.92 Å². The zero-order valence-electron chi connectivity index (χ0n) is 12.3. The van der Waals surface area contributed by atoms with Crippen molar-refractivity contribution in [3.63, 3.8) is 0 Å². The fourth-order valence-electron chi connectivity index (χ4n) is 2.58. The van der Waals surface area contributed by atoms with Crippen LogP contribution in [0.25, 0.3) is 0 Å². The molecular weight excluding hydrogens is 286 g/mol. The molecule has 0 spiro atoms. The van der Waals surface area contributed by atoms with Crippen LogP contribution in [0.5, 0.6) is 0 Å². The summed E-state index contributed by atoms with van der Waals surface area (Å²) in [6, 6.07) is 1.73. The normalized spacial score (nSPS) is 15.5. The van der Waals surface area contributed by atoms with Gasteiger partial charge in [-0.2, -0.15) is 0 Å². The van der Waals surface area contributed by atoms with Crippen molar-refractivity contribution in [3.05, 3.63) is 33.1 Å². The van der Waals surface area contributed by atoms with Crippen LogP contribution >= 0.6 is 11.3 Å². The largest absolute Gasteiger partial charge is 0.361 e. The summed E-state index contributed by atoms with van der Waals surface area (Å²) < 4.78 is 4.97. The lowest BCUT2D eigenvalue weighted by Crippen LogP contribution is -2.28. The van der Waals surface area contributed by atoms with Crippen molar-refractivity contribution in [1.82, 2.24) is 15.5 Å². The van der Waals surface area contributed by atoms with Crippen molar-refractivity contribution in [1.29, 1.82) is 0 Å². The number of aromatic nitrogens is 2. The average Bonchev–Trinajstić information content (AvgIpc) is 3.04. The number of aryl methyl sites for hydroxylation is 3. The minimum Gasteiger partial charge on any atom is -0.361 e. The van der Waals surface area contributed by atoms with Gasteiger partial charge >= 0.3 is 0 Å². The standard InChI is InChI=1S/C15H19N3O2S/c1-9-7-11(18-20-9)8-14(19)16-10(2)15-17-12-5-3-4-6-13(12)21-15/h7,10H,3-6,8H2,1-2H3,(H,16,19)/t10-/m0/s1. The van der Waals surface area contributed by atoms with Gasteiger partial charge in [-0.15, -0.1) is 11.3 Å². The van der Waals surface area contributed by atoms with Crippen LogP contribution in [-0.4, -0.2) is 16.0 Å². The Balaban J connectivity index is 1.61. The SMILES string of the molecule is Cc1cc(CC(=O)N[C@@H](C)c2nc3c(s2)CCCC3)no1. The molecule has 2 aromatic rings. The first-order chi connectivity index (χ1) is 10.1. The van der Waals surface area contributed by atoms with Gasteiger partial charge in [0.2, 0.25) is 5.91 Å². The average molecular weight is 305 g/mol. The topological polar surface area (TPSA) is 68.0 Å². The van der Waals surface area contributed by atoms with Crippen molar-refractivity contribution >= 4 is 17.2 Å². The van der Waals surface area contributed by atoms with Gasteiger partial charge in [-0.1, -0.05) is 5.16 Å². The maximum absolute atomic E-state index is 12.0. The molecule has 1 aliphatic carbocycles. The van der Waals surface area contributed by atoms with Gasteiger partial charge < -0.3 is 9.84 Å². The van der Waals surface area contributed by atoms with E-state index in [4.69, 9.17) is 4.52 Å². The van der Waals surface area contributed by atoms with Crippen LogP contribution in [0.1, 0.15) is 52.8 Å². The molecule has 3 rings (SSSR count). The van der Waals surface area contributed by atoms with Gasteiger partial charge in [0.25, 0.3) is 0 Å². The van der Waals surface area contributed by atoms with Gasteiger partial charge in [-0.25, -0.2) is 4.98 Å². The Morgan fingerprint density at radius 3 is 3.00 bits per heavy atom. The first kappa shape index (κ1) is 14.3. The van der Waals surface area contributed by atoms with Crippen LogP contribution in [0.3, 0.4) is 0 Å². The van der Waals surface area contributed by atoms with E-state index in [1.54, 1.807) is 17.4 Å². The molecule has 1 atom stereocenters. The van der Waals surface area contributed by atoms with E-state index in [0.29, 0.717) is 5.69 Å². The van der Waals surface area contributed by atoms with Gasteiger partial charge in [0.1, 0.15) is 10.8 Å². The summed E-state index contributed by atoms with van der Waals surface area (Å²) in [5.41, 5.74) is 1.89. The number of nitrogens with one attached hydrogen (secondary N) is 1. The minimum atomic E-state index is -0.0545. The first-order valence-corrected chi connectivity index (χ1v) is 8.13. The zero-order valence-corrected chi connectivity index (χ0v) is 13.1. The third-order valence-electron chi connectivity index (χ3n) is 3.63. The number of nitrogens with zero attached hydrogens (tertiary/aromatic N) is 2. The van der Waals surface area contributed by atoms with E-state index < -0.39 is 0 Å². The van der Waals surface area contributed by atoms with Crippen molar-refractivity contribution in [2.75, 3.05) is 0 Å². The monoisotopic (exact) mass is 305 g/mol. The first-order valence-electron chi connectivity index (χ1n) is 7.32. The number of hydrogen-bond acceptors (Lipinski definition) is 5. The number of carbonyl (C=O) groups excluding carboxylic acids is 1. The number of fused-ring (bicyclic) bond motifs is 1. The Morgan fingerprint density at radius 2 is 2.29 bits per heavy atom. The molecule has 6 heteroatoms. The summed E-state index contributed by atoms with van der Waals surface area (Å²) >= 11 is 1.74. The molecular formula is C15H19N3O2S. The van der Waals surface area contributed by atoms with Crippen LogP contribution in [0.4, 0.5) is 0 Å². The van der Waals surface area contributed by atoms with Crippen molar-refractivity contribution in [3.8, 4) is 0 Å². The second kappa shape index (κ2) is 5.97. The summed E-state index contributed by atoms with van der Waals surface area (Å²) in [6.07, 6.45) is 4.92. The van der Waals surface area contributed by atoms with E-state index in [9.17, 15) is 4.79 Å². The Bertz CT molecular complexity index is 624. The highest BCUT2D eigenvalue weighted by Crippen LogP contribution is 2.29. The zero-order chi connectivity index (χ0) is 14.8. The molecule has 0 aromatic carbocycles. The summed E-state index contributed by atoms with van der Waals surface area (Å²) in [7, 11) is 0. The van der Waals surface area contributed by atoms with E-state index in [2.05, 4.69) is 15.5 Å². The van der Waals surface area contributed by atoms with Crippen LogP contribution in [-0.2, 0) is 24.1 Å². The summed E-state index contributed by atoms with van der Waals surface area (Å²) in [6.45, 7) is 3.80. The summed E-state index contributed by atoms with van der Waals surface area (Å²) in [4.78, 5) is 18.1. The minimum absolute atomic E-state index is 0.0519. The molecule has 112 valence electrons. The number of rotatable bonds is 4. The van der Waals surface area contributed by atoms with Crippen LogP contribution in [0.2, 0.25) is 0 Å². The molecule has 0 fully saturated rings. The maximum Gasteiger partial charge on any atom is 0.226 e. The van der Waals surface area contributed by atoms with E-state index >= 15 is 0 Å². The second-order valence-corrected chi connectivity index (χ2v) is 6.64. The number of carbonyl (C=O) groups is 1. The second-order valence-electron chi connectivity index (χ2n) is 5.52. The molecule has 0 aliphatic heterocycles. The predicted molar refractivity (Wildman–Crippen MR) is 80.3 cm³/mol. The Hall–Kier alpha value is -1.69. The lowest BCUT2D eigenvalue weighted by molar-refractivity contribution is -0.121. The summed E-state index contributed by atoms with van der Waals surface area (Å²) in [5.74, 6) is 0.669. The molecule has 1 aliphatic rings. The molecule has 1 N–H and O–H groups in total. The molecule has 21 heavy (non-hydrogen) atoms. The third-order valence-corrected chi connectivity index (χ3v) is 4.97. The smallest absolute Gasteiger partial charge is 0.226 e. The van der Waals surface area contributed by atoms with Gasteiger partial charge in [0.15, 0.2) is 0 Å². The molecule has 1 amide bonds. The quantitative estimate of drug-likeness (QED) is 0.943. The van der Waals surface area contributed by atoms with Gasteiger partial charge in [-0.3, -0.25) is 4.79 Å². The third kappa shape index (κ3) is 3.32. The van der Waals surface area contributed by atoms with Gasteiger partial charge in [-0.05, 0) is 39.5 Å². The van der Waals surface area contributed by atoms with E-state index in [1.807, 2.05) is 13.8 Å². The number of hydrogen-bond donors (Lipinski definition) is 1. The summed E-state index contributed by atoms with van der Waals surface area (Å²) in [5, 5.41) is 7.84. The highest BCUT2D eigenvalue weighted by molar-refractivity contribution is 7.11. The van der Waals surface area contributed by atoms with E-state index in [1.165, 1.54) is 23.4 Å².